The maximum absolute atomic E-state index is 12.2. The highest BCUT2D eigenvalue weighted by molar-refractivity contribution is 9.10. The quantitative estimate of drug-likeness (QED) is 0.925. The van der Waals surface area contributed by atoms with E-state index in [0.717, 1.165) is 10.0 Å². The number of carbonyl (C=O) groups excluding carboxylic acids is 1. The molecule has 7 nitrogen and oxygen atoms in total. The Morgan fingerprint density at radius 3 is 2.79 bits per heavy atom. The van der Waals surface area contributed by atoms with E-state index in [-0.39, 0.29) is 11.9 Å². The van der Waals surface area contributed by atoms with E-state index in [4.69, 9.17) is 4.74 Å². The van der Waals surface area contributed by atoms with Crippen LogP contribution < -0.4 is 10.1 Å². The number of hydrogen-bond acceptors (Lipinski definition) is 5. The largest absolute Gasteiger partial charge is 0.496 e. The van der Waals surface area contributed by atoms with Crippen LogP contribution in [0.4, 0.5) is 5.95 Å². The van der Waals surface area contributed by atoms with Crippen molar-refractivity contribution in [1.82, 2.24) is 20.2 Å². The van der Waals surface area contributed by atoms with Crippen molar-refractivity contribution in [3.8, 4) is 5.75 Å². The molecule has 0 aliphatic heterocycles. The highest BCUT2D eigenvalue weighted by atomic mass is 79.9. The zero-order valence-electron chi connectivity index (χ0n) is 10.6. The van der Waals surface area contributed by atoms with Gasteiger partial charge in [-0.05, 0) is 29.8 Å². The minimum atomic E-state index is -0.353. The highest BCUT2D eigenvalue weighted by Gasteiger charge is 2.17. The fourth-order valence-electron chi connectivity index (χ4n) is 1.67. The maximum atomic E-state index is 12.2. The first-order valence-electron chi connectivity index (χ1n) is 5.40. The number of amides is 1. The molecule has 1 N–H and O–H groups in total. The zero-order valence-corrected chi connectivity index (χ0v) is 12.2. The van der Waals surface area contributed by atoms with Crippen LogP contribution in [-0.4, -0.2) is 33.2 Å². The number of tetrazole rings is 1. The molecule has 2 rings (SSSR count). The molecule has 1 aromatic heterocycles. The normalized spacial score (nSPS) is 10.3. The van der Waals surface area contributed by atoms with Gasteiger partial charge in [0.05, 0.1) is 19.7 Å². The van der Waals surface area contributed by atoms with Crippen LogP contribution in [0, 0.1) is 6.92 Å². The van der Waals surface area contributed by atoms with Crippen molar-refractivity contribution in [2.75, 3.05) is 12.4 Å². The Morgan fingerprint density at radius 2 is 2.21 bits per heavy atom. The third kappa shape index (κ3) is 2.90. The number of ether oxygens (including phenoxy) is 1. The average Bonchev–Trinajstić information content (AvgIpc) is 2.73. The lowest BCUT2D eigenvalue weighted by Gasteiger charge is -2.11. The number of methoxy groups -OCH3 is 1. The van der Waals surface area contributed by atoms with Crippen molar-refractivity contribution in [3.63, 3.8) is 0 Å². The number of nitrogens with one attached hydrogen (secondary N) is 1. The molecule has 0 fully saturated rings. The van der Waals surface area contributed by atoms with Gasteiger partial charge in [-0.25, -0.2) is 0 Å². The summed E-state index contributed by atoms with van der Waals surface area (Å²) in [5.74, 6) is 0.311. The third-order valence-electron chi connectivity index (χ3n) is 2.42. The topological polar surface area (TPSA) is 81.9 Å². The number of carbonyl (C=O) groups is 1. The molecule has 0 aliphatic carbocycles. The first-order chi connectivity index (χ1) is 9.01. The lowest BCUT2D eigenvalue weighted by molar-refractivity contribution is 0.102. The second-order valence-corrected chi connectivity index (χ2v) is 4.78. The summed E-state index contributed by atoms with van der Waals surface area (Å²) >= 11 is 3.35. The summed E-state index contributed by atoms with van der Waals surface area (Å²) < 4.78 is 6.05. The van der Waals surface area contributed by atoms with Gasteiger partial charge in [-0.15, -0.1) is 5.10 Å². The smallest absolute Gasteiger partial charge is 0.270 e. The minimum Gasteiger partial charge on any atom is -0.496 e. The van der Waals surface area contributed by atoms with Crippen molar-refractivity contribution in [1.29, 1.82) is 0 Å². The molecule has 0 unspecified atom stereocenters. The first-order valence-corrected chi connectivity index (χ1v) is 6.20. The van der Waals surface area contributed by atoms with Crippen LogP contribution in [0.3, 0.4) is 0 Å². The number of aromatic nitrogens is 4. The van der Waals surface area contributed by atoms with Gasteiger partial charge in [-0.3, -0.25) is 10.1 Å². The summed E-state index contributed by atoms with van der Waals surface area (Å²) in [5.41, 5.74) is 1.26. The lowest BCUT2D eigenvalue weighted by Crippen LogP contribution is -2.15. The number of benzene rings is 1. The molecule has 1 amide bonds. The molecule has 1 heterocycles. The molecule has 0 saturated heterocycles. The molecular weight excluding hydrogens is 314 g/mol. The van der Waals surface area contributed by atoms with Crippen LogP contribution in [0.2, 0.25) is 0 Å². The van der Waals surface area contributed by atoms with E-state index in [0.29, 0.717) is 11.3 Å². The van der Waals surface area contributed by atoms with E-state index in [1.165, 1.54) is 11.9 Å². The van der Waals surface area contributed by atoms with Crippen molar-refractivity contribution in [2.45, 2.75) is 6.92 Å². The number of rotatable bonds is 3. The van der Waals surface area contributed by atoms with Crippen LogP contribution in [0.5, 0.6) is 5.75 Å². The lowest BCUT2D eigenvalue weighted by atomic mass is 10.1. The molecule has 1 aromatic carbocycles. The van der Waals surface area contributed by atoms with Crippen LogP contribution in [0.1, 0.15) is 15.9 Å². The molecule has 0 radical (unpaired) electrons. The van der Waals surface area contributed by atoms with E-state index < -0.39 is 0 Å². The maximum Gasteiger partial charge on any atom is 0.270 e. The van der Waals surface area contributed by atoms with E-state index in [2.05, 4.69) is 36.7 Å². The molecule has 0 spiro atoms. The summed E-state index contributed by atoms with van der Waals surface area (Å²) in [6.07, 6.45) is 0. The molecule has 100 valence electrons. The van der Waals surface area contributed by atoms with Crippen molar-refractivity contribution in [2.24, 2.45) is 7.05 Å². The molecule has 8 heteroatoms. The Balaban J connectivity index is 2.33. The number of hydrogen-bond donors (Lipinski definition) is 1. The molecule has 2 aromatic rings. The molecule has 0 bridgehead atoms. The average molecular weight is 326 g/mol. The molecule has 0 saturated carbocycles. The van der Waals surface area contributed by atoms with Crippen molar-refractivity contribution < 1.29 is 9.53 Å². The Labute approximate surface area is 118 Å². The second kappa shape index (κ2) is 5.35. The Kier molecular flexibility index (Phi) is 3.79. The van der Waals surface area contributed by atoms with Gasteiger partial charge >= 0.3 is 0 Å². The number of halogens is 1. The van der Waals surface area contributed by atoms with E-state index in [1.807, 2.05) is 13.0 Å². The number of aryl methyl sites for hydroxylation is 2. The van der Waals surface area contributed by atoms with Gasteiger partial charge in [0.2, 0.25) is 0 Å². The highest BCUT2D eigenvalue weighted by Crippen LogP contribution is 2.28. The summed E-state index contributed by atoms with van der Waals surface area (Å²) in [6.45, 7) is 1.86. The molecule has 0 atom stereocenters. The van der Waals surface area contributed by atoms with Crippen LogP contribution in [-0.2, 0) is 7.05 Å². The predicted octanol–water partition coefficient (Wildman–Crippen LogP) is 1.54. The predicted molar refractivity (Wildman–Crippen MR) is 72.2 cm³/mol. The van der Waals surface area contributed by atoms with E-state index in [1.54, 1.807) is 13.1 Å². The van der Waals surface area contributed by atoms with E-state index in [9.17, 15) is 4.79 Å². The Morgan fingerprint density at radius 1 is 1.47 bits per heavy atom. The van der Waals surface area contributed by atoms with Crippen molar-refractivity contribution >= 4 is 27.8 Å². The van der Waals surface area contributed by atoms with Gasteiger partial charge in [0.1, 0.15) is 5.75 Å². The van der Waals surface area contributed by atoms with Crippen LogP contribution in [0.15, 0.2) is 16.6 Å². The van der Waals surface area contributed by atoms with Crippen LogP contribution in [0.25, 0.3) is 0 Å². The van der Waals surface area contributed by atoms with E-state index >= 15 is 0 Å². The fourth-order valence-corrected chi connectivity index (χ4v) is 2.24. The van der Waals surface area contributed by atoms with Gasteiger partial charge in [-0.1, -0.05) is 21.0 Å². The second-order valence-electron chi connectivity index (χ2n) is 3.86. The van der Waals surface area contributed by atoms with Crippen LogP contribution >= 0.6 is 15.9 Å². The SMILES string of the molecule is COc1c(C)cc(Br)cc1C(=O)Nc1nnn(C)n1. The van der Waals surface area contributed by atoms with Crippen molar-refractivity contribution in [3.05, 3.63) is 27.7 Å². The zero-order chi connectivity index (χ0) is 14.0. The van der Waals surface area contributed by atoms with Gasteiger partial charge in [0.15, 0.2) is 0 Å². The molecule has 19 heavy (non-hydrogen) atoms. The fraction of sp³-hybridized carbons (Fsp3) is 0.273. The summed E-state index contributed by atoms with van der Waals surface area (Å²) in [4.78, 5) is 13.4. The van der Waals surface area contributed by atoms with Gasteiger partial charge in [-0.2, -0.15) is 4.80 Å². The van der Waals surface area contributed by atoms with Gasteiger partial charge in [0, 0.05) is 4.47 Å². The summed E-state index contributed by atoms with van der Waals surface area (Å²) in [6, 6.07) is 3.55. The molecular formula is C11H12BrN5O2. The summed E-state index contributed by atoms with van der Waals surface area (Å²) in [7, 11) is 3.14. The Bertz CT molecular complexity index is 626. The minimum absolute atomic E-state index is 0.146. The summed E-state index contributed by atoms with van der Waals surface area (Å²) in [5, 5.41) is 13.8. The monoisotopic (exact) mass is 325 g/mol. The third-order valence-corrected chi connectivity index (χ3v) is 2.88. The Hall–Kier alpha value is -1.96. The number of anilines is 1. The standard InChI is InChI=1S/C11H12BrN5O2/c1-6-4-7(12)5-8(9(6)19-3)10(18)13-11-14-16-17(2)15-11/h4-5H,1-3H3,(H,13,15,18). The number of nitrogens with zero attached hydrogens (tertiary/aromatic N) is 4. The first kappa shape index (κ1) is 13.5. The molecule has 0 aliphatic rings. The van der Waals surface area contributed by atoms with Gasteiger partial charge < -0.3 is 4.74 Å². The van der Waals surface area contributed by atoms with Gasteiger partial charge in [0.25, 0.3) is 11.9 Å².